The molecular weight excluding hydrogens is 260 g/mol. The summed E-state index contributed by atoms with van der Waals surface area (Å²) < 4.78 is 5.55. The van der Waals surface area contributed by atoms with E-state index in [1.54, 1.807) is 0 Å². The maximum Gasteiger partial charge on any atom is 0.196 e. The minimum Gasteiger partial charge on any atom is -0.493 e. The number of hydrogen-bond acceptors (Lipinski definition) is 2. The second-order valence-corrected chi connectivity index (χ2v) is 4.82. The highest BCUT2D eigenvalue weighted by atomic mass is 16.5. The molecule has 0 heterocycles. The molecule has 0 aliphatic carbocycles. The van der Waals surface area contributed by atoms with Gasteiger partial charge in [0, 0.05) is 5.56 Å². The van der Waals surface area contributed by atoms with Crippen molar-refractivity contribution in [3.8, 4) is 5.75 Å². The zero-order valence-corrected chi connectivity index (χ0v) is 11.9. The summed E-state index contributed by atoms with van der Waals surface area (Å²) in [5, 5.41) is 2.20. The van der Waals surface area contributed by atoms with E-state index in [9.17, 15) is 4.79 Å². The maximum absolute atomic E-state index is 12.7. The van der Waals surface area contributed by atoms with Gasteiger partial charge < -0.3 is 4.74 Å². The van der Waals surface area contributed by atoms with Gasteiger partial charge in [-0.1, -0.05) is 48.5 Å². The summed E-state index contributed by atoms with van der Waals surface area (Å²) in [6.45, 7) is 2.46. The lowest BCUT2D eigenvalue weighted by Gasteiger charge is -2.09. The van der Waals surface area contributed by atoms with E-state index in [0.717, 1.165) is 10.8 Å². The first kappa shape index (κ1) is 13.4. The smallest absolute Gasteiger partial charge is 0.196 e. The van der Waals surface area contributed by atoms with E-state index in [4.69, 9.17) is 4.74 Å². The van der Waals surface area contributed by atoms with Gasteiger partial charge in [0.05, 0.1) is 12.2 Å². The molecular formula is C19H16O2. The molecule has 21 heavy (non-hydrogen) atoms. The van der Waals surface area contributed by atoms with Gasteiger partial charge in [-0.3, -0.25) is 4.79 Å². The topological polar surface area (TPSA) is 26.3 Å². The lowest BCUT2D eigenvalue weighted by atomic mass is 9.99. The van der Waals surface area contributed by atoms with Crippen LogP contribution in [0.2, 0.25) is 0 Å². The minimum absolute atomic E-state index is 0.00944. The summed E-state index contributed by atoms with van der Waals surface area (Å²) in [5.41, 5.74) is 1.29. The number of ether oxygens (including phenoxy) is 1. The molecule has 0 N–H and O–H groups in total. The maximum atomic E-state index is 12.7. The highest BCUT2D eigenvalue weighted by Gasteiger charge is 2.14. The average Bonchev–Trinajstić information content (AvgIpc) is 2.54. The molecule has 3 aromatic carbocycles. The van der Waals surface area contributed by atoms with Crippen LogP contribution < -0.4 is 4.74 Å². The zero-order chi connectivity index (χ0) is 14.7. The number of carbonyl (C=O) groups is 1. The van der Waals surface area contributed by atoms with E-state index >= 15 is 0 Å². The standard InChI is InChI=1S/C19H16O2/c1-2-21-18-10-6-5-9-17(18)19(20)16-12-11-14-7-3-4-8-15(14)13-16/h3-13H,2H2,1H3. The molecule has 3 aromatic rings. The Bertz CT molecular complexity index is 790. The van der Waals surface area contributed by atoms with Gasteiger partial charge in [0.25, 0.3) is 0 Å². The quantitative estimate of drug-likeness (QED) is 0.657. The first-order valence-corrected chi connectivity index (χ1v) is 7.05. The summed E-state index contributed by atoms with van der Waals surface area (Å²) in [7, 11) is 0. The number of benzene rings is 3. The summed E-state index contributed by atoms with van der Waals surface area (Å²) >= 11 is 0. The monoisotopic (exact) mass is 276 g/mol. The number of carbonyl (C=O) groups excluding carboxylic acids is 1. The van der Waals surface area contributed by atoms with Crippen molar-refractivity contribution < 1.29 is 9.53 Å². The largest absolute Gasteiger partial charge is 0.493 e. The van der Waals surface area contributed by atoms with Crippen LogP contribution >= 0.6 is 0 Å². The molecule has 0 spiro atoms. The van der Waals surface area contributed by atoms with Crippen LogP contribution in [0, 0.1) is 0 Å². The molecule has 0 radical (unpaired) electrons. The predicted molar refractivity (Wildman–Crippen MR) is 85.0 cm³/mol. The van der Waals surface area contributed by atoms with Crippen LogP contribution in [-0.2, 0) is 0 Å². The Hall–Kier alpha value is -2.61. The van der Waals surface area contributed by atoms with Crippen molar-refractivity contribution in [1.29, 1.82) is 0 Å². The molecule has 0 fully saturated rings. The van der Waals surface area contributed by atoms with Crippen molar-refractivity contribution in [3.63, 3.8) is 0 Å². The van der Waals surface area contributed by atoms with Gasteiger partial charge in [0.2, 0.25) is 0 Å². The van der Waals surface area contributed by atoms with Crippen LogP contribution in [-0.4, -0.2) is 12.4 Å². The van der Waals surface area contributed by atoms with E-state index in [1.165, 1.54) is 0 Å². The average molecular weight is 276 g/mol. The number of rotatable bonds is 4. The van der Waals surface area contributed by atoms with Crippen LogP contribution in [0.3, 0.4) is 0 Å². The Balaban J connectivity index is 2.04. The molecule has 0 aliphatic heterocycles. The Morgan fingerprint density at radius 3 is 2.43 bits per heavy atom. The van der Waals surface area contributed by atoms with Crippen molar-refractivity contribution in [2.24, 2.45) is 0 Å². The van der Waals surface area contributed by atoms with Crippen molar-refractivity contribution in [3.05, 3.63) is 77.9 Å². The van der Waals surface area contributed by atoms with E-state index in [1.807, 2.05) is 73.7 Å². The Morgan fingerprint density at radius 2 is 1.62 bits per heavy atom. The van der Waals surface area contributed by atoms with Gasteiger partial charge >= 0.3 is 0 Å². The Kier molecular flexibility index (Phi) is 3.69. The molecule has 0 aliphatic rings. The summed E-state index contributed by atoms with van der Waals surface area (Å²) in [6, 6.07) is 21.2. The third-order valence-corrected chi connectivity index (χ3v) is 3.44. The molecule has 0 aromatic heterocycles. The van der Waals surface area contributed by atoms with Gasteiger partial charge in [-0.2, -0.15) is 0 Å². The number of para-hydroxylation sites is 1. The van der Waals surface area contributed by atoms with E-state index < -0.39 is 0 Å². The van der Waals surface area contributed by atoms with Crippen LogP contribution in [0.1, 0.15) is 22.8 Å². The molecule has 2 heteroatoms. The van der Waals surface area contributed by atoms with Crippen LogP contribution in [0.5, 0.6) is 5.75 Å². The van der Waals surface area contributed by atoms with E-state index in [2.05, 4.69) is 0 Å². The van der Waals surface area contributed by atoms with Gasteiger partial charge in [-0.25, -0.2) is 0 Å². The molecule has 0 bridgehead atoms. The third-order valence-electron chi connectivity index (χ3n) is 3.44. The fraction of sp³-hybridized carbons (Fsp3) is 0.105. The molecule has 0 saturated heterocycles. The number of hydrogen-bond donors (Lipinski definition) is 0. The second-order valence-electron chi connectivity index (χ2n) is 4.82. The molecule has 2 nitrogen and oxygen atoms in total. The molecule has 0 amide bonds. The van der Waals surface area contributed by atoms with Crippen LogP contribution in [0.25, 0.3) is 10.8 Å². The zero-order valence-electron chi connectivity index (χ0n) is 11.9. The number of ketones is 1. The Labute approximate surface area is 124 Å². The third kappa shape index (κ3) is 2.65. The normalized spacial score (nSPS) is 10.5. The van der Waals surface area contributed by atoms with Crippen LogP contribution in [0.15, 0.2) is 66.7 Å². The van der Waals surface area contributed by atoms with Crippen molar-refractivity contribution in [1.82, 2.24) is 0 Å². The van der Waals surface area contributed by atoms with Crippen molar-refractivity contribution >= 4 is 16.6 Å². The first-order chi connectivity index (χ1) is 10.3. The SMILES string of the molecule is CCOc1ccccc1C(=O)c1ccc2ccccc2c1. The first-order valence-electron chi connectivity index (χ1n) is 7.05. The van der Waals surface area contributed by atoms with Crippen LogP contribution in [0.4, 0.5) is 0 Å². The molecule has 0 unspecified atom stereocenters. The van der Waals surface area contributed by atoms with Gasteiger partial charge in [-0.15, -0.1) is 0 Å². The molecule has 104 valence electrons. The fourth-order valence-electron chi connectivity index (χ4n) is 2.42. The summed E-state index contributed by atoms with van der Waals surface area (Å²) in [6.07, 6.45) is 0. The highest BCUT2D eigenvalue weighted by Crippen LogP contribution is 2.23. The summed E-state index contributed by atoms with van der Waals surface area (Å²) in [5.74, 6) is 0.628. The Morgan fingerprint density at radius 1 is 0.905 bits per heavy atom. The van der Waals surface area contributed by atoms with Gasteiger partial charge in [0.15, 0.2) is 5.78 Å². The van der Waals surface area contributed by atoms with E-state index in [0.29, 0.717) is 23.5 Å². The lowest BCUT2D eigenvalue weighted by Crippen LogP contribution is -2.05. The fourth-order valence-corrected chi connectivity index (χ4v) is 2.42. The summed E-state index contributed by atoms with van der Waals surface area (Å²) in [4.78, 5) is 12.7. The molecule has 0 atom stereocenters. The van der Waals surface area contributed by atoms with Gasteiger partial charge in [0.1, 0.15) is 5.75 Å². The van der Waals surface area contributed by atoms with Crippen molar-refractivity contribution in [2.45, 2.75) is 6.92 Å². The number of fused-ring (bicyclic) bond motifs is 1. The predicted octanol–water partition coefficient (Wildman–Crippen LogP) is 4.47. The highest BCUT2D eigenvalue weighted by molar-refractivity contribution is 6.12. The molecule has 3 rings (SSSR count). The minimum atomic E-state index is -0.00944. The van der Waals surface area contributed by atoms with Gasteiger partial charge in [-0.05, 0) is 35.9 Å². The van der Waals surface area contributed by atoms with Crippen molar-refractivity contribution in [2.75, 3.05) is 6.61 Å². The lowest BCUT2D eigenvalue weighted by molar-refractivity contribution is 0.103. The van der Waals surface area contributed by atoms with E-state index in [-0.39, 0.29) is 5.78 Å². The molecule has 0 saturated carbocycles. The second kappa shape index (κ2) is 5.80.